The van der Waals surface area contributed by atoms with E-state index < -0.39 is 10.7 Å². The molecule has 0 bridgehead atoms. The molecule has 3 nitrogen and oxygen atoms in total. The Morgan fingerprint density at radius 2 is 2.45 bits per heavy atom. The second-order valence-electron chi connectivity index (χ2n) is 2.16. The third-order valence-corrected chi connectivity index (χ3v) is 2.61. The largest absolute Gasteiger partial charge is 0.393 e. The van der Waals surface area contributed by atoms with E-state index in [-0.39, 0.29) is 10.0 Å². The number of hydrogen-bond acceptors (Lipinski definition) is 2. The Balaban J connectivity index is 2.97. The van der Waals surface area contributed by atoms with E-state index in [9.17, 15) is 14.5 Å². The van der Waals surface area contributed by atoms with Gasteiger partial charge in [-0.2, -0.15) is 4.39 Å². The maximum absolute atomic E-state index is 13.3. The van der Waals surface area contributed by atoms with Gasteiger partial charge in [-0.1, -0.05) is 12.2 Å². The zero-order valence-corrected chi connectivity index (χ0v) is 7.62. The van der Waals surface area contributed by atoms with Gasteiger partial charge in [0.25, 0.3) is 0 Å². The van der Waals surface area contributed by atoms with Crippen LogP contribution >= 0.6 is 22.6 Å². The lowest BCUT2D eigenvalue weighted by molar-refractivity contribution is -0.589. The Kier molecular flexibility index (Phi) is 2.26. The van der Waals surface area contributed by atoms with Gasteiger partial charge in [-0.25, -0.2) is 0 Å². The van der Waals surface area contributed by atoms with E-state index in [0.717, 1.165) is 0 Å². The molecule has 0 aromatic carbocycles. The van der Waals surface area contributed by atoms with Crippen LogP contribution in [0, 0.1) is 10.1 Å². The Hall–Kier alpha value is -0.460. The first-order chi connectivity index (χ1) is 5.07. The van der Waals surface area contributed by atoms with Crippen LogP contribution in [-0.2, 0) is 0 Å². The van der Waals surface area contributed by atoms with Crippen molar-refractivity contribution in [1.82, 2.24) is 0 Å². The molecule has 0 radical (unpaired) electrons. The molecule has 0 aromatic heterocycles. The normalized spacial score (nSPS) is 29.8. The van der Waals surface area contributed by atoms with Gasteiger partial charge in [0.05, 0.1) is 11.3 Å². The average molecular weight is 269 g/mol. The molecule has 1 atom stereocenters. The van der Waals surface area contributed by atoms with Crippen LogP contribution < -0.4 is 0 Å². The van der Waals surface area contributed by atoms with Crippen molar-refractivity contribution in [3.8, 4) is 0 Å². The molecule has 0 aromatic rings. The van der Waals surface area contributed by atoms with Gasteiger partial charge >= 0.3 is 5.79 Å². The summed E-state index contributed by atoms with van der Waals surface area (Å²) in [5.41, 5.74) is 0. The van der Waals surface area contributed by atoms with E-state index in [1.807, 2.05) is 0 Å². The molecule has 0 heterocycles. The minimum absolute atomic E-state index is 0.127. The molecule has 60 valence electrons. The summed E-state index contributed by atoms with van der Waals surface area (Å²) in [5, 5.41) is 10.2. The van der Waals surface area contributed by atoms with Gasteiger partial charge in [0.2, 0.25) is 0 Å². The molecule has 1 aliphatic carbocycles. The van der Waals surface area contributed by atoms with Crippen molar-refractivity contribution in [2.75, 3.05) is 0 Å². The van der Waals surface area contributed by atoms with Crippen LogP contribution in [0.2, 0.25) is 0 Å². The molecule has 0 aliphatic heterocycles. The molecule has 11 heavy (non-hydrogen) atoms. The van der Waals surface area contributed by atoms with E-state index in [2.05, 4.69) is 0 Å². The molecule has 1 rings (SSSR count). The van der Waals surface area contributed by atoms with Crippen molar-refractivity contribution < 1.29 is 9.31 Å². The monoisotopic (exact) mass is 269 g/mol. The van der Waals surface area contributed by atoms with Gasteiger partial charge in [0.1, 0.15) is 3.58 Å². The van der Waals surface area contributed by atoms with Crippen LogP contribution in [0.4, 0.5) is 4.39 Å². The van der Waals surface area contributed by atoms with Crippen LogP contribution in [-0.4, -0.2) is 10.7 Å². The molecule has 0 amide bonds. The molecule has 0 saturated carbocycles. The minimum Gasteiger partial charge on any atom is -0.261 e. The second-order valence-corrected chi connectivity index (χ2v) is 3.33. The van der Waals surface area contributed by atoms with Crippen LogP contribution in [0.25, 0.3) is 0 Å². The fourth-order valence-electron chi connectivity index (χ4n) is 0.764. The highest BCUT2D eigenvalue weighted by Crippen LogP contribution is 2.34. The predicted octanol–water partition coefficient (Wildman–Crippen LogP) is 2.21. The molecular weight excluding hydrogens is 264 g/mol. The van der Waals surface area contributed by atoms with Gasteiger partial charge in [-0.3, -0.25) is 10.1 Å². The smallest absolute Gasteiger partial charge is 0.261 e. The number of nitrogens with zero attached hydrogens (tertiary/aromatic N) is 1. The van der Waals surface area contributed by atoms with Gasteiger partial charge in [0, 0.05) is 0 Å². The summed E-state index contributed by atoms with van der Waals surface area (Å²) in [6.45, 7) is 0. The third-order valence-electron chi connectivity index (χ3n) is 1.42. The number of hydrogen-bond donors (Lipinski definition) is 0. The lowest BCUT2D eigenvalue weighted by Gasteiger charge is -2.16. The first-order valence-electron chi connectivity index (χ1n) is 2.93. The van der Waals surface area contributed by atoms with Crippen LogP contribution in [0.5, 0.6) is 0 Å². The van der Waals surface area contributed by atoms with Crippen LogP contribution in [0.15, 0.2) is 21.8 Å². The van der Waals surface area contributed by atoms with Crippen LogP contribution in [0.1, 0.15) is 6.42 Å². The first kappa shape index (κ1) is 8.63. The fraction of sp³-hybridized carbons (Fsp3) is 0.333. The Bertz CT molecular complexity index is 251. The molecule has 0 spiro atoms. The molecular formula is C6H5FINO2. The highest BCUT2D eigenvalue weighted by Gasteiger charge is 2.45. The van der Waals surface area contributed by atoms with Crippen molar-refractivity contribution in [3.63, 3.8) is 0 Å². The Morgan fingerprint density at radius 1 is 1.82 bits per heavy atom. The number of rotatable bonds is 1. The second kappa shape index (κ2) is 2.88. The van der Waals surface area contributed by atoms with Crippen molar-refractivity contribution in [2.24, 2.45) is 0 Å². The number of nitro groups is 1. The molecule has 1 aliphatic rings. The zero-order valence-electron chi connectivity index (χ0n) is 5.46. The quantitative estimate of drug-likeness (QED) is 0.317. The Morgan fingerprint density at radius 3 is 2.82 bits per heavy atom. The van der Waals surface area contributed by atoms with Crippen molar-refractivity contribution in [1.29, 1.82) is 0 Å². The van der Waals surface area contributed by atoms with E-state index >= 15 is 0 Å². The molecule has 0 N–H and O–H groups in total. The highest BCUT2D eigenvalue weighted by molar-refractivity contribution is 14.1. The van der Waals surface area contributed by atoms with Gasteiger partial charge in [0.15, 0.2) is 0 Å². The Labute approximate surface area is 76.3 Å². The highest BCUT2D eigenvalue weighted by atomic mass is 127. The van der Waals surface area contributed by atoms with Crippen LogP contribution in [0.3, 0.4) is 0 Å². The van der Waals surface area contributed by atoms with E-state index in [4.69, 9.17) is 0 Å². The SMILES string of the molecule is O=[N+]([O-])C1(F)CC=CC=C1I. The average Bonchev–Trinajstić information content (AvgIpc) is 1.95. The summed E-state index contributed by atoms with van der Waals surface area (Å²) in [7, 11) is 0. The minimum atomic E-state index is -2.38. The van der Waals surface area contributed by atoms with Crippen molar-refractivity contribution in [3.05, 3.63) is 31.9 Å². The molecule has 5 heteroatoms. The molecule has 0 saturated heterocycles. The molecule has 0 fully saturated rings. The lowest BCUT2D eigenvalue weighted by Crippen LogP contribution is -2.33. The fourth-order valence-corrected chi connectivity index (χ4v) is 1.39. The predicted molar refractivity (Wildman–Crippen MR) is 46.7 cm³/mol. The summed E-state index contributed by atoms with van der Waals surface area (Å²) < 4.78 is 13.4. The number of alkyl halides is 1. The van der Waals surface area contributed by atoms with Crippen molar-refractivity contribution in [2.45, 2.75) is 12.2 Å². The summed E-state index contributed by atoms with van der Waals surface area (Å²) in [4.78, 5) is 9.34. The van der Waals surface area contributed by atoms with E-state index in [1.165, 1.54) is 12.2 Å². The maximum atomic E-state index is 13.3. The van der Waals surface area contributed by atoms with E-state index in [1.54, 1.807) is 28.7 Å². The summed E-state index contributed by atoms with van der Waals surface area (Å²) in [6, 6.07) is 0. The summed E-state index contributed by atoms with van der Waals surface area (Å²) in [5.74, 6) is -2.38. The topological polar surface area (TPSA) is 43.1 Å². The third kappa shape index (κ3) is 1.42. The number of halogens is 2. The maximum Gasteiger partial charge on any atom is 0.393 e. The summed E-state index contributed by atoms with van der Waals surface area (Å²) >= 11 is 1.64. The van der Waals surface area contributed by atoms with E-state index in [0.29, 0.717) is 0 Å². The van der Waals surface area contributed by atoms with Gasteiger partial charge in [-0.05, 0) is 28.7 Å². The van der Waals surface area contributed by atoms with Gasteiger partial charge < -0.3 is 0 Å². The summed E-state index contributed by atoms with van der Waals surface area (Å²) in [6.07, 6.45) is 4.30. The zero-order chi connectivity index (χ0) is 8.48. The first-order valence-corrected chi connectivity index (χ1v) is 4.01. The number of allylic oxidation sites excluding steroid dienone is 2. The van der Waals surface area contributed by atoms with Crippen molar-refractivity contribution >= 4 is 22.6 Å². The standard InChI is InChI=1S/C6H5FINO2/c7-6(9(10)11)4-2-1-3-5(6)8/h1-3H,4H2. The lowest BCUT2D eigenvalue weighted by atomic mass is 10.1. The van der Waals surface area contributed by atoms with Gasteiger partial charge in [-0.15, -0.1) is 0 Å². The molecule has 1 unspecified atom stereocenters.